The Labute approximate surface area is 167 Å². The third kappa shape index (κ3) is 3.70. The Balaban J connectivity index is 1.62. The fourth-order valence-corrected chi connectivity index (χ4v) is 3.29. The molecule has 0 aliphatic carbocycles. The van der Waals surface area contributed by atoms with E-state index in [0.29, 0.717) is 10.8 Å². The lowest BCUT2D eigenvalue weighted by Gasteiger charge is -2.11. The maximum Gasteiger partial charge on any atom is 0.341 e. The minimum Gasteiger partial charge on any atom is -0.465 e. The third-order valence-electron chi connectivity index (χ3n) is 4.49. The van der Waals surface area contributed by atoms with Gasteiger partial charge in [0.05, 0.1) is 12.1 Å². The average molecular weight is 392 g/mol. The van der Waals surface area contributed by atoms with E-state index in [1.807, 2.05) is 36.4 Å². The molecule has 0 spiro atoms. The van der Waals surface area contributed by atoms with Gasteiger partial charge in [-0.2, -0.15) is 0 Å². The number of carbonyl (C=O) groups is 1. The number of pyridine rings is 1. The van der Waals surface area contributed by atoms with Crippen molar-refractivity contribution in [2.24, 2.45) is 0 Å². The molecule has 0 bridgehead atoms. The standard InChI is InChI=1S/C22H18ClN3O2/c1-28-22(27)19-12-17(23)13-24-21(19)25-18-7-8-20-16(11-18)9-10-26(20)14-15-5-3-2-4-6-15/h2-13H,14H2,1H3,(H,24,25). The topological polar surface area (TPSA) is 56.1 Å². The highest BCUT2D eigenvalue weighted by atomic mass is 35.5. The first-order valence-corrected chi connectivity index (χ1v) is 9.15. The zero-order chi connectivity index (χ0) is 19.5. The average Bonchev–Trinajstić information content (AvgIpc) is 3.11. The van der Waals surface area contributed by atoms with Gasteiger partial charge in [0.25, 0.3) is 0 Å². The highest BCUT2D eigenvalue weighted by Gasteiger charge is 2.14. The van der Waals surface area contributed by atoms with Crippen LogP contribution in [0.15, 0.2) is 73.1 Å². The van der Waals surface area contributed by atoms with Crippen LogP contribution in [0.5, 0.6) is 0 Å². The van der Waals surface area contributed by atoms with Crippen LogP contribution in [-0.4, -0.2) is 22.6 Å². The molecular weight excluding hydrogens is 374 g/mol. The molecule has 2 heterocycles. The number of nitrogens with zero attached hydrogens (tertiary/aromatic N) is 2. The number of hydrogen-bond acceptors (Lipinski definition) is 4. The zero-order valence-corrected chi connectivity index (χ0v) is 16.0. The highest BCUT2D eigenvalue weighted by molar-refractivity contribution is 6.30. The molecule has 0 saturated carbocycles. The summed E-state index contributed by atoms with van der Waals surface area (Å²) in [6, 6.07) is 20.0. The van der Waals surface area contributed by atoms with E-state index in [1.165, 1.54) is 24.9 Å². The lowest BCUT2D eigenvalue weighted by Crippen LogP contribution is -2.07. The van der Waals surface area contributed by atoms with Gasteiger partial charge in [0, 0.05) is 35.5 Å². The van der Waals surface area contributed by atoms with Gasteiger partial charge in [0.15, 0.2) is 0 Å². The van der Waals surface area contributed by atoms with Crippen molar-refractivity contribution in [2.75, 3.05) is 12.4 Å². The van der Waals surface area contributed by atoms with E-state index in [0.717, 1.165) is 23.1 Å². The maximum absolute atomic E-state index is 12.0. The van der Waals surface area contributed by atoms with Gasteiger partial charge in [-0.05, 0) is 35.9 Å². The summed E-state index contributed by atoms with van der Waals surface area (Å²) in [5.41, 5.74) is 3.49. The molecule has 2 aromatic heterocycles. The van der Waals surface area contributed by atoms with E-state index in [4.69, 9.17) is 16.3 Å². The molecule has 0 aliphatic rings. The summed E-state index contributed by atoms with van der Waals surface area (Å²) in [6.07, 6.45) is 3.56. The number of methoxy groups -OCH3 is 1. The minimum atomic E-state index is -0.493. The van der Waals surface area contributed by atoms with Crippen LogP contribution in [0.1, 0.15) is 15.9 Å². The summed E-state index contributed by atoms with van der Waals surface area (Å²) >= 11 is 5.97. The number of rotatable bonds is 5. The van der Waals surface area contributed by atoms with Crippen LogP contribution in [0.4, 0.5) is 11.5 Å². The molecule has 0 saturated heterocycles. The van der Waals surface area contributed by atoms with Crippen molar-refractivity contribution in [1.29, 1.82) is 0 Å². The van der Waals surface area contributed by atoms with Crippen molar-refractivity contribution in [3.8, 4) is 0 Å². The molecule has 0 radical (unpaired) electrons. The van der Waals surface area contributed by atoms with Gasteiger partial charge in [-0.1, -0.05) is 41.9 Å². The Hall–Kier alpha value is -3.31. The second kappa shape index (κ2) is 7.74. The summed E-state index contributed by atoms with van der Waals surface area (Å²) in [4.78, 5) is 16.2. The van der Waals surface area contributed by atoms with Crippen molar-refractivity contribution < 1.29 is 9.53 Å². The summed E-state index contributed by atoms with van der Waals surface area (Å²) in [6.45, 7) is 0.808. The van der Waals surface area contributed by atoms with Crippen LogP contribution in [0.25, 0.3) is 10.9 Å². The van der Waals surface area contributed by atoms with E-state index in [-0.39, 0.29) is 5.56 Å². The molecule has 5 nitrogen and oxygen atoms in total. The van der Waals surface area contributed by atoms with Crippen LogP contribution >= 0.6 is 11.6 Å². The highest BCUT2D eigenvalue weighted by Crippen LogP contribution is 2.26. The fraction of sp³-hybridized carbons (Fsp3) is 0.0909. The molecule has 28 heavy (non-hydrogen) atoms. The number of nitrogens with one attached hydrogen (secondary N) is 1. The molecule has 0 unspecified atom stereocenters. The number of aromatic nitrogens is 2. The Kier molecular flexibility index (Phi) is 5.00. The van der Waals surface area contributed by atoms with E-state index < -0.39 is 5.97 Å². The van der Waals surface area contributed by atoms with E-state index >= 15 is 0 Å². The molecule has 4 rings (SSSR count). The number of benzene rings is 2. The monoisotopic (exact) mass is 391 g/mol. The molecule has 6 heteroatoms. The molecule has 4 aromatic rings. The second-order valence-corrected chi connectivity index (χ2v) is 6.81. The molecule has 1 N–H and O–H groups in total. The van der Waals surface area contributed by atoms with Crippen molar-refractivity contribution in [3.63, 3.8) is 0 Å². The molecule has 0 aliphatic heterocycles. The maximum atomic E-state index is 12.0. The third-order valence-corrected chi connectivity index (χ3v) is 4.70. The number of fused-ring (bicyclic) bond motifs is 1. The van der Waals surface area contributed by atoms with Crippen molar-refractivity contribution >= 4 is 40.0 Å². The van der Waals surface area contributed by atoms with Crippen LogP contribution in [0.2, 0.25) is 5.02 Å². The minimum absolute atomic E-state index is 0.289. The Morgan fingerprint density at radius 3 is 2.75 bits per heavy atom. The zero-order valence-electron chi connectivity index (χ0n) is 15.2. The lowest BCUT2D eigenvalue weighted by molar-refractivity contribution is 0.0601. The van der Waals surface area contributed by atoms with Gasteiger partial charge in [-0.25, -0.2) is 9.78 Å². The molecule has 2 aromatic carbocycles. The van der Waals surface area contributed by atoms with Crippen LogP contribution < -0.4 is 5.32 Å². The smallest absolute Gasteiger partial charge is 0.341 e. The fourth-order valence-electron chi connectivity index (χ4n) is 3.14. The predicted molar refractivity (Wildman–Crippen MR) is 111 cm³/mol. The van der Waals surface area contributed by atoms with Gasteiger partial charge < -0.3 is 14.6 Å². The number of esters is 1. The van der Waals surface area contributed by atoms with Crippen molar-refractivity contribution in [3.05, 3.63) is 89.2 Å². The molecule has 0 atom stereocenters. The Morgan fingerprint density at radius 2 is 1.96 bits per heavy atom. The summed E-state index contributed by atoms with van der Waals surface area (Å²) in [5.74, 6) is -0.0908. The first-order valence-electron chi connectivity index (χ1n) is 8.78. The van der Waals surface area contributed by atoms with Crippen molar-refractivity contribution in [1.82, 2.24) is 9.55 Å². The lowest BCUT2D eigenvalue weighted by atomic mass is 10.2. The summed E-state index contributed by atoms with van der Waals surface area (Å²) in [5, 5.41) is 4.65. The van der Waals surface area contributed by atoms with Gasteiger partial charge >= 0.3 is 5.97 Å². The van der Waals surface area contributed by atoms with Crippen LogP contribution in [0.3, 0.4) is 0 Å². The Bertz CT molecular complexity index is 1140. The van der Waals surface area contributed by atoms with E-state index in [1.54, 1.807) is 0 Å². The van der Waals surface area contributed by atoms with E-state index in [2.05, 4.69) is 39.3 Å². The number of halogens is 1. The number of carbonyl (C=O) groups excluding carboxylic acids is 1. The SMILES string of the molecule is COC(=O)c1cc(Cl)cnc1Nc1ccc2c(ccn2Cc2ccccc2)c1. The largest absolute Gasteiger partial charge is 0.465 e. The van der Waals surface area contributed by atoms with E-state index in [9.17, 15) is 4.79 Å². The molecule has 0 amide bonds. The summed E-state index contributed by atoms with van der Waals surface area (Å²) in [7, 11) is 1.33. The first-order chi connectivity index (χ1) is 13.6. The van der Waals surface area contributed by atoms with Gasteiger partial charge in [0.1, 0.15) is 11.4 Å². The molecule has 140 valence electrons. The van der Waals surface area contributed by atoms with Crippen molar-refractivity contribution in [2.45, 2.75) is 6.54 Å². The number of hydrogen-bond donors (Lipinski definition) is 1. The number of anilines is 2. The van der Waals surface area contributed by atoms with Gasteiger partial charge in [0.2, 0.25) is 0 Å². The second-order valence-electron chi connectivity index (χ2n) is 6.37. The molecular formula is C22H18ClN3O2. The first kappa shape index (κ1) is 18.1. The normalized spacial score (nSPS) is 10.8. The van der Waals surface area contributed by atoms with Crippen LogP contribution in [0, 0.1) is 0 Å². The van der Waals surface area contributed by atoms with Gasteiger partial charge in [-0.15, -0.1) is 0 Å². The Morgan fingerprint density at radius 1 is 1.14 bits per heavy atom. The quantitative estimate of drug-likeness (QED) is 0.471. The molecule has 0 fully saturated rings. The van der Waals surface area contributed by atoms with Crippen LogP contribution in [-0.2, 0) is 11.3 Å². The van der Waals surface area contributed by atoms with Gasteiger partial charge in [-0.3, -0.25) is 0 Å². The summed E-state index contributed by atoms with van der Waals surface area (Å²) < 4.78 is 7.02. The number of ether oxygens (including phenoxy) is 1. The predicted octanol–water partition coefficient (Wildman–Crippen LogP) is 5.27.